The number of carboxylic acid groups (broad SMARTS) is 1. The Morgan fingerprint density at radius 1 is 0.688 bits per heavy atom. The van der Waals surface area contributed by atoms with Gasteiger partial charge in [-0.05, 0) is 46.5 Å². The molecule has 0 aliphatic rings. The molecule has 0 unspecified atom stereocenters. The molecule has 0 spiro atoms. The van der Waals surface area contributed by atoms with Gasteiger partial charge in [0.25, 0.3) is 0 Å². The van der Waals surface area contributed by atoms with Crippen molar-refractivity contribution in [3.8, 4) is 0 Å². The summed E-state index contributed by atoms with van der Waals surface area (Å²) in [6.45, 7) is 11.2. The van der Waals surface area contributed by atoms with E-state index in [-0.39, 0.29) is 74.2 Å². The number of aliphatic carboxylic acids is 1. The molecule has 0 aliphatic heterocycles. The molecule has 0 aliphatic carbocycles. The van der Waals surface area contributed by atoms with Crippen LogP contribution < -0.4 is 10.6 Å². The smallest absolute Gasteiger partial charge is 0.693 e. The molecule has 15 N–H and O–H groups in total. The first-order valence-electron chi connectivity index (χ1n) is 10.0. The molecule has 0 heterocycles. The van der Waals surface area contributed by atoms with Crippen molar-refractivity contribution < 1.29 is 62.7 Å². The van der Waals surface area contributed by atoms with Gasteiger partial charge >= 0.3 is 27.0 Å². The van der Waals surface area contributed by atoms with E-state index in [1.165, 1.54) is 64.7 Å². The topological polar surface area (TPSA) is 252 Å². The third-order valence-electron chi connectivity index (χ3n) is 3.89. The van der Waals surface area contributed by atoms with Gasteiger partial charge in [0.1, 0.15) is 13.1 Å². The third kappa shape index (κ3) is 57.4. The molecule has 0 saturated carbocycles. The van der Waals surface area contributed by atoms with E-state index in [4.69, 9.17) is 16.6 Å². The first-order chi connectivity index (χ1) is 11.9. The van der Waals surface area contributed by atoms with E-state index in [0.29, 0.717) is 13.1 Å². The summed E-state index contributed by atoms with van der Waals surface area (Å²) >= 11 is 0. The summed E-state index contributed by atoms with van der Waals surface area (Å²) in [5.74, 6) is -0.757. The number of carboxylic acids is 1. The average Bonchev–Trinajstić information content (AvgIpc) is 2.55. The molecule has 0 aromatic heterocycles. The molecule has 0 rings (SSSR count). The van der Waals surface area contributed by atoms with Crippen molar-refractivity contribution >= 4 is 5.97 Å². The normalized spacial score (nSPS) is 8.66. The average molecular weight is 830 g/mol. The van der Waals surface area contributed by atoms with Crippen LogP contribution in [-0.2, 0) is 46.9 Å². The maximum Gasteiger partial charge on any atom is 4.00 e. The van der Waals surface area contributed by atoms with E-state index in [0.717, 1.165) is 12.8 Å². The summed E-state index contributed by atoms with van der Waals surface area (Å²) in [5, 5.41) is 13.1. The van der Waals surface area contributed by atoms with Crippen molar-refractivity contribution in [2.75, 3.05) is 39.3 Å². The molecule has 0 fully saturated rings. The Morgan fingerprint density at radius 3 is 1.16 bits per heavy atom. The van der Waals surface area contributed by atoms with Crippen LogP contribution in [0.25, 0.3) is 36.1 Å². The molecule has 0 radical (unpaired) electrons. The number of nitrogens with one attached hydrogen (secondary N) is 2. The molecule has 0 aromatic rings. The Kier molecular flexibility index (Phi) is 82.3. The minimum atomic E-state index is -0.757. The van der Waals surface area contributed by atoms with Crippen molar-refractivity contribution in [3.05, 3.63) is 43.5 Å². The Balaban J connectivity index is -0.0000000478. The molecule has 32 heavy (non-hydrogen) atoms. The molecule has 208 valence electrons. The van der Waals surface area contributed by atoms with Gasteiger partial charge in [0, 0.05) is 21.1 Å². The maximum atomic E-state index is 10.0. The van der Waals surface area contributed by atoms with Gasteiger partial charge in [-0.15, -0.1) is 0 Å². The summed E-state index contributed by atoms with van der Waals surface area (Å²) in [4.78, 5) is 10.0. The number of hydrogen-bond donors (Lipinski definition) is 3. The third-order valence-corrected chi connectivity index (χ3v) is 3.89. The van der Waals surface area contributed by atoms with E-state index >= 15 is 0 Å². The maximum absolute atomic E-state index is 10.0. The minimum Gasteiger partial charge on any atom is -0.693 e. The van der Waals surface area contributed by atoms with Crippen molar-refractivity contribution in [1.29, 1.82) is 0 Å². The quantitative estimate of drug-likeness (QED) is 0.137. The fraction of sp³-hybridized carbons (Fsp3) is 0.900. The number of unbranched alkanes of at least 4 members (excludes halogenated alkanes) is 6. The number of carbonyl (C=O) groups is 1. The van der Waals surface area contributed by atoms with Gasteiger partial charge in [-0.1, -0.05) is 25.7 Å². The van der Waals surface area contributed by atoms with Gasteiger partial charge in [0.2, 0.25) is 0 Å². The van der Waals surface area contributed by atoms with E-state index in [2.05, 4.69) is 10.6 Å². The van der Waals surface area contributed by atoms with Crippen LogP contribution in [0, 0.1) is 12.8 Å². The van der Waals surface area contributed by atoms with E-state index in [9.17, 15) is 4.79 Å². The summed E-state index contributed by atoms with van der Waals surface area (Å²) < 4.78 is 0. The summed E-state index contributed by atoms with van der Waals surface area (Å²) in [5.41, 5.74) is 13.5. The van der Waals surface area contributed by atoms with Crippen LogP contribution in [0.3, 0.4) is 0 Å². The second-order valence-corrected chi connectivity index (χ2v) is 7.62. The molecule has 0 amide bonds. The SMILES string of the molecule is CC(C)(C)C(=O)O.[CH3-].[NH-]CCCCCC[NH2+]CC[NH2+]CCCCCC[NH-].[NH2-].[NH2-].[NH2-].[NH2-].[Pt+4].[Pt]. The van der Waals surface area contributed by atoms with E-state index in [1.54, 1.807) is 20.8 Å². The molecule has 10 nitrogen and oxygen atoms in total. The first-order valence-corrected chi connectivity index (χ1v) is 10.0. The number of nitrogens with two attached hydrogens (primary N) is 6. The molecular weight excluding hydrogens is 774 g/mol. The molecule has 0 saturated heterocycles. The zero-order valence-electron chi connectivity index (χ0n) is 20.9. The van der Waals surface area contributed by atoms with Crippen LogP contribution in [-0.4, -0.2) is 50.3 Å². The number of quaternary nitrogens is 2. The summed E-state index contributed by atoms with van der Waals surface area (Å²) in [6, 6.07) is 0. The first kappa shape index (κ1) is 58.4. The summed E-state index contributed by atoms with van der Waals surface area (Å²) in [7, 11) is 0. The van der Waals surface area contributed by atoms with Gasteiger partial charge in [0.05, 0.1) is 18.5 Å². The van der Waals surface area contributed by atoms with Gasteiger partial charge in [-0.3, -0.25) is 4.79 Å². The second kappa shape index (κ2) is 45.1. The molecule has 0 aromatic carbocycles. The molecule has 0 bridgehead atoms. The zero-order valence-corrected chi connectivity index (χ0v) is 25.4. The van der Waals surface area contributed by atoms with Gasteiger partial charge in [-0.2, -0.15) is 13.1 Å². The molecule has 12 heteroatoms. The van der Waals surface area contributed by atoms with Gasteiger partial charge in [0.15, 0.2) is 0 Å². The van der Waals surface area contributed by atoms with Crippen molar-refractivity contribution in [3.63, 3.8) is 0 Å². The Bertz CT molecular complexity index is 285. The predicted octanol–water partition coefficient (Wildman–Crippen LogP) is 5.77. The molecule has 0 atom stereocenters. The van der Waals surface area contributed by atoms with Crippen LogP contribution in [0.2, 0.25) is 0 Å². The van der Waals surface area contributed by atoms with Crippen LogP contribution in [0.15, 0.2) is 0 Å². The Labute approximate surface area is 228 Å². The van der Waals surface area contributed by atoms with Crippen molar-refractivity contribution in [2.24, 2.45) is 5.41 Å². The van der Waals surface area contributed by atoms with Crippen LogP contribution in [0.5, 0.6) is 0 Å². The number of hydrogen-bond acceptors (Lipinski definition) is 1. The minimum absolute atomic E-state index is 0. The van der Waals surface area contributed by atoms with Gasteiger partial charge in [-0.25, -0.2) is 0 Å². The van der Waals surface area contributed by atoms with Crippen molar-refractivity contribution in [1.82, 2.24) is 0 Å². The zero-order chi connectivity index (χ0) is 19.4. The van der Waals surface area contributed by atoms with E-state index in [1.807, 2.05) is 0 Å². The fourth-order valence-corrected chi connectivity index (χ4v) is 2.06. The van der Waals surface area contributed by atoms with Gasteiger partial charge < -0.3 is 59.2 Å². The molecular formula is C20H55N8O2Pt2-. The number of rotatable bonds is 15. The Morgan fingerprint density at radius 2 is 0.938 bits per heavy atom. The largest absolute Gasteiger partial charge is 4.00 e. The van der Waals surface area contributed by atoms with Crippen LogP contribution in [0.1, 0.15) is 72.1 Å². The standard InChI is InChI=1S/C14H32N4.C5H10O2.CH3.4H2N.2Pt/c15-9-5-1-3-7-11-17-13-14-18-12-8-4-2-6-10-16;1-5(2,3)4(6)7;;;;;;;/h15-18H,1-14H2;1-3H3,(H,6,7);1H3;4*1H2;;/q-2;;5*-1;;+4/p+2. The predicted molar refractivity (Wildman–Crippen MR) is 133 cm³/mol. The van der Waals surface area contributed by atoms with Crippen LogP contribution in [0.4, 0.5) is 0 Å². The Hall–Kier alpha value is 0.527. The van der Waals surface area contributed by atoms with E-state index < -0.39 is 11.4 Å². The summed E-state index contributed by atoms with van der Waals surface area (Å²) in [6.07, 6.45) is 9.86. The monoisotopic (exact) mass is 829 g/mol. The second-order valence-electron chi connectivity index (χ2n) is 7.62. The van der Waals surface area contributed by atoms with Crippen LogP contribution >= 0.6 is 0 Å². The fourth-order valence-electron chi connectivity index (χ4n) is 2.06. The van der Waals surface area contributed by atoms with Crippen molar-refractivity contribution in [2.45, 2.75) is 72.1 Å².